The van der Waals surface area contributed by atoms with E-state index in [2.05, 4.69) is 0 Å². The van der Waals surface area contributed by atoms with Crippen LogP contribution in [0.1, 0.15) is 48.9 Å². The molecule has 3 fully saturated rings. The molecule has 2 aliphatic heterocycles. The molecule has 1 spiro atoms. The van der Waals surface area contributed by atoms with Gasteiger partial charge in [0.2, 0.25) is 5.91 Å². The first kappa shape index (κ1) is 17.8. The van der Waals surface area contributed by atoms with Crippen molar-refractivity contribution in [1.82, 2.24) is 9.80 Å². The van der Waals surface area contributed by atoms with E-state index in [1.54, 1.807) is 29.2 Å². The van der Waals surface area contributed by atoms with E-state index in [1.807, 2.05) is 4.90 Å². The van der Waals surface area contributed by atoms with E-state index in [1.165, 1.54) is 0 Å². The third-order valence-electron chi connectivity index (χ3n) is 5.83. The first-order valence-corrected chi connectivity index (χ1v) is 9.65. The second-order valence-electron chi connectivity index (χ2n) is 7.71. The van der Waals surface area contributed by atoms with Crippen molar-refractivity contribution >= 4 is 17.7 Å². The van der Waals surface area contributed by atoms with E-state index >= 15 is 0 Å². The van der Waals surface area contributed by atoms with Crippen LogP contribution in [0.3, 0.4) is 0 Å². The first-order valence-electron chi connectivity index (χ1n) is 9.65. The quantitative estimate of drug-likeness (QED) is 0.845. The molecular weight excluding hydrogens is 346 g/mol. The molecule has 1 saturated carbocycles. The molecule has 1 unspecified atom stereocenters. The van der Waals surface area contributed by atoms with Crippen molar-refractivity contribution in [2.75, 3.05) is 19.7 Å². The molecule has 0 bridgehead atoms. The molecule has 3 amide bonds. The van der Waals surface area contributed by atoms with E-state index in [0.29, 0.717) is 23.9 Å². The van der Waals surface area contributed by atoms with E-state index in [4.69, 9.17) is 10.5 Å². The molecule has 1 aromatic carbocycles. The van der Waals surface area contributed by atoms with Gasteiger partial charge in [-0.3, -0.25) is 14.4 Å². The highest BCUT2D eigenvalue weighted by Crippen LogP contribution is 2.42. The third-order valence-corrected chi connectivity index (χ3v) is 5.83. The Balaban J connectivity index is 1.56. The molecule has 0 radical (unpaired) electrons. The van der Waals surface area contributed by atoms with Crippen LogP contribution < -0.4 is 10.5 Å². The van der Waals surface area contributed by atoms with E-state index in [0.717, 1.165) is 45.1 Å². The second kappa shape index (κ2) is 6.87. The average molecular weight is 371 g/mol. The Morgan fingerprint density at radius 1 is 1.19 bits per heavy atom. The maximum Gasteiger partial charge on any atom is 0.255 e. The van der Waals surface area contributed by atoms with Crippen molar-refractivity contribution in [2.24, 2.45) is 5.73 Å². The van der Waals surface area contributed by atoms with Crippen LogP contribution in [0.15, 0.2) is 24.3 Å². The summed E-state index contributed by atoms with van der Waals surface area (Å²) in [4.78, 5) is 41.2. The number of hydrogen-bond donors (Lipinski definition) is 1. The van der Waals surface area contributed by atoms with Crippen molar-refractivity contribution in [2.45, 2.75) is 50.1 Å². The summed E-state index contributed by atoms with van der Waals surface area (Å²) in [6.07, 6.45) is 5.41. The molecular formula is C20H25N3O4. The van der Waals surface area contributed by atoms with Crippen molar-refractivity contribution in [3.05, 3.63) is 29.8 Å². The predicted octanol–water partition coefficient (Wildman–Crippen LogP) is 1.31. The number of hydrogen-bond acceptors (Lipinski definition) is 4. The van der Waals surface area contributed by atoms with Crippen molar-refractivity contribution in [3.8, 4) is 5.75 Å². The van der Waals surface area contributed by atoms with Crippen LogP contribution in [0, 0.1) is 0 Å². The number of carbonyl (C=O) groups is 3. The Morgan fingerprint density at radius 2 is 1.93 bits per heavy atom. The van der Waals surface area contributed by atoms with Gasteiger partial charge in [0.1, 0.15) is 11.3 Å². The van der Waals surface area contributed by atoms with Gasteiger partial charge in [-0.25, -0.2) is 0 Å². The van der Waals surface area contributed by atoms with Crippen LogP contribution in [0.5, 0.6) is 5.75 Å². The van der Waals surface area contributed by atoms with Gasteiger partial charge < -0.3 is 20.3 Å². The zero-order valence-corrected chi connectivity index (χ0v) is 15.4. The SMILES string of the molecule is NC(=O)COc1cccc(C(=O)N2CCCC23CCCN(C2CC2)C3=O)c1. The van der Waals surface area contributed by atoms with Gasteiger partial charge >= 0.3 is 0 Å². The fourth-order valence-electron chi connectivity index (χ4n) is 4.44. The largest absolute Gasteiger partial charge is 0.484 e. The van der Waals surface area contributed by atoms with Crippen LogP contribution >= 0.6 is 0 Å². The zero-order valence-electron chi connectivity index (χ0n) is 15.4. The number of piperidine rings is 1. The average Bonchev–Trinajstić information content (AvgIpc) is 3.42. The van der Waals surface area contributed by atoms with E-state index < -0.39 is 11.4 Å². The summed E-state index contributed by atoms with van der Waals surface area (Å²) in [6.45, 7) is 1.17. The molecule has 3 aliphatic rings. The number of ether oxygens (including phenoxy) is 1. The monoisotopic (exact) mass is 371 g/mol. The van der Waals surface area contributed by atoms with Gasteiger partial charge in [0.25, 0.3) is 11.8 Å². The number of carbonyl (C=O) groups excluding carboxylic acids is 3. The summed E-state index contributed by atoms with van der Waals surface area (Å²) >= 11 is 0. The van der Waals surface area contributed by atoms with Gasteiger partial charge in [-0.05, 0) is 56.7 Å². The highest BCUT2D eigenvalue weighted by Gasteiger charge is 2.54. The number of rotatable bonds is 5. The molecule has 2 N–H and O–H groups in total. The van der Waals surface area contributed by atoms with Crippen LogP contribution in [0.2, 0.25) is 0 Å². The minimum Gasteiger partial charge on any atom is -0.484 e. The summed E-state index contributed by atoms with van der Waals surface area (Å²) in [6, 6.07) is 7.10. The van der Waals surface area contributed by atoms with Crippen LogP contribution in [-0.2, 0) is 9.59 Å². The maximum atomic E-state index is 13.3. The molecule has 2 saturated heterocycles. The lowest BCUT2D eigenvalue weighted by Gasteiger charge is -2.44. The molecule has 0 aromatic heterocycles. The van der Waals surface area contributed by atoms with Crippen molar-refractivity contribution in [1.29, 1.82) is 0 Å². The summed E-state index contributed by atoms with van der Waals surface area (Å²) < 4.78 is 5.32. The van der Waals surface area contributed by atoms with Crippen LogP contribution in [0.4, 0.5) is 0 Å². The number of nitrogens with two attached hydrogens (primary N) is 1. The van der Waals surface area contributed by atoms with Crippen molar-refractivity contribution < 1.29 is 19.1 Å². The van der Waals surface area contributed by atoms with Crippen LogP contribution in [0.25, 0.3) is 0 Å². The smallest absolute Gasteiger partial charge is 0.255 e. The Bertz CT molecular complexity index is 776. The molecule has 1 aromatic rings. The Morgan fingerprint density at radius 3 is 2.63 bits per heavy atom. The lowest BCUT2D eigenvalue weighted by molar-refractivity contribution is -0.146. The van der Waals surface area contributed by atoms with Crippen molar-refractivity contribution in [3.63, 3.8) is 0 Å². The predicted molar refractivity (Wildman–Crippen MR) is 98.1 cm³/mol. The Kier molecular flexibility index (Phi) is 4.53. The topological polar surface area (TPSA) is 92.9 Å². The fourth-order valence-corrected chi connectivity index (χ4v) is 4.44. The van der Waals surface area contributed by atoms with E-state index in [-0.39, 0.29) is 18.4 Å². The molecule has 144 valence electrons. The molecule has 27 heavy (non-hydrogen) atoms. The van der Waals surface area contributed by atoms with E-state index in [9.17, 15) is 14.4 Å². The minimum atomic E-state index is -0.692. The molecule has 4 rings (SSSR count). The standard InChI is InChI=1S/C20H25N3O4/c21-17(24)13-27-16-5-1-4-14(12-16)18(25)23-11-3-9-20(23)8-2-10-22(19(20)26)15-6-7-15/h1,4-5,12,15H,2-3,6-11,13H2,(H2,21,24). The lowest BCUT2D eigenvalue weighted by Crippen LogP contribution is -2.61. The Hall–Kier alpha value is -2.57. The Labute approximate surface area is 158 Å². The van der Waals surface area contributed by atoms with Gasteiger partial charge in [-0.2, -0.15) is 0 Å². The van der Waals surface area contributed by atoms with Gasteiger partial charge in [-0.1, -0.05) is 6.07 Å². The highest BCUT2D eigenvalue weighted by molar-refractivity contribution is 6.00. The van der Waals surface area contributed by atoms with Crippen LogP contribution in [-0.4, -0.2) is 58.8 Å². The maximum absolute atomic E-state index is 13.3. The van der Waals surface area contributed by atoms with Gasteiger partial charge in [0, 0.05) is 24.7 Å². The summed E-state index contributed by atoms with van der Waals surface area (Å²) in [5.74, 6) is -0.174. The number of amides is 3. The molecule has 2 heterocycles. The fraction of sp³-hybridized carbons (Fsp3) is 0.550. The number of primary amides is 1. The summed E-state index contributed by atoms with van der Waals surface area (Å²) in [7, 11) is 0. The number of benzene rings is 1. The molecule has 7 heteroatoms. The summed E-state index contributed by atoms with van der Waals surface area (Å²) in [5.41, 5.74) is 4.88. The molecule has 1 aliphatic carbocycles. The molecule has 7 nitrogen and oxygen atoms in total. The van der Waals surface area contributed by atoms with Gasteiger partial charge in [-0.15, -0.1) is 0 Å². The number of nitrogens with zero attached hydrogens (tertiary/aromatic N) is 2. The second-order valence-corrected chi connectivity index (χ2v) is 7.71. The lowest BCUT2D eigenvalue weighted by atomic mass is 9.85. The minimum absolute atomic E-state index is 0.128. The van der Waals surface area contributed by atoms with Gasteiger partial charge in [0.15, 0.2) is 6.61 Å². The summed E-state index contributed by atoms with van der Waals surface area (Å²) in [5, 5.41) is 0. The highest BCUT2D eigenvalue weighted by atomic mass is 16.5. The van der Waals surface area contributed by atoms with Gasteiger partial charge in [0.05, 0.1) is 0 Å². The number of likely N-dealkylation sites (tertiary alicyclic amines) is 2. The third kappa shape index (κ3) is 3.26. The zero-order chi connectivity index (χ0) is 19.0. The molecule has 1 atom stereocenters. The first-order chi connectivity index (χ1) is 13.0. The normalized spacial score (nSPS) is 25.1.